The van der Waals surface area contributed by atoms with Crippen molar-refractivity contribution >= 4 is 39.4 Å². The molecule has 0 unspecified atom stereocenters. The van der Waals surface area contributed by atoms with Gasteiger partial charge in [0.1, 0.15) is 6.54 Å². The Morgan fingerprint density at radius 1 is 1.22 bits per heavy atom. The number of anilines is 2. The topological polar surface area (TPSA) is 84.4 Å². The molecular formula is C15H15BrN4O3. The Morgan fingerprint density at radius 2 is 1.91 bits per heavy atom. The zero-order valence-corrected chi connectivity index (χ0v) is 14.0. The lowest BCUT2D eigenvalue weighted by Crippen LogP contribution is -2.30. The third-order valence-corrected chi connectivity index (χ3v) is 3.46. The van der Waals surface area contributed by atoms with E-state index in [4.69, 9.17) is 4.74 Å². The number of amides is 1. The van der Waals surface area contributed by atoms with Crippen LogP contribution in [0.3, 0.4) is 0 Å². The quantitative estimate of drug-likeness (QED) is 0.772. The number of hydrogen-bond acceptors (Lipinski definition) is 6. The standard InChI is InChI=1S/C15H15BrN4O3/c1-20(15-17-7-4-8-18-15)9-14(22)23-10-13(21)19-12-6-3-2-5-11(12)16/h2-8H,9-10H2,1H3,(H,19,21). The van der Waals surface area contributed by atoms with Gasteiger partial charge in [-0.3, -0.25) is 9.59 Å². The van der Waals surface area contributed by atoms with Crippen molar-refractivity contribution in [1.29, 1.82) is 0 Å². The number of nitrogens with zero attached hydrogens (tertiary/aromatic N) is 3. The highest BCUT2D eigenvalue weighted by molar-refractivity contribution is 9.10. The highest BCUT2D eigenvalue weighted by Crippen LogP contribution is 2.20. The number of rotatable bonds is 6. The maximum atomic E-state index is 11.8. The maximum absolute atomic E-state index is 11.8. The zero-order chi connectivity index (χ0) is 16.7. The van der Waals surface area contributed by atoms with Gasteiger partial charge < -0.3 is 15.0 Å². The van der Waals surface area contributed by atoms with E-state index in [0.717, 1.165) is 4.47 Å². The molecule has 1 heterocycles. The second-order valence-electron chi connectivity index (χ2n) is 4.59. The van der Waals surface area contributed by atoms with E-state index in [-0.39, 0.29) is 13.2 Å². The molecule has 23 heavy (non-hydrogen) atoms. The van der Waals surface area contributed by atoms with Gasteiger partial charge >= 0.3 is 5.97 Å². The van der Waals surface area contributed by atoms with E-state index >= 15 is 0 Å². The first-order chi connectivity index (χ1) is 11.1. The molecule has 0 saturated heterocycles. The molecule has 1 amide bonds. The van der Waals surface area contributed by atoms with Crippen molar-refractivity contribution in [3.8, 4) is 0 Å². The summed E-state index contributed by atoms with van der Waals surface area (Å²) in [5.41, 5.74) is 0.614. The van der Waals surface area contributed by atoms with Gasteiger partial charge in [0.2, 0.25) is 5.95 Å². The molecule has 0 saturated carbocycles. The minimum absolute atomic E-state index is 0.0493. The summed E-state index contributed by atoms with van der Waals surface area (Å²) in [7, 11) is 1.66. The molecule has 2 aromatic rings. The lowest BCUT2D eigenvalue weighted by atomic mass is 10.3. The summed E-state index contributed by atoms with van der Waals surface area (Å²) in [6, 6.07) is 8.85. The van der Waals surface area contributed by atoms with Crippen LogP contribution >= 0.6 is 15.9 Å². The third-order valence-electron chi connectivity index (χ3n) is 2.77. The number of ether oxygens (including phenoxy) is 1. The predicted octanol–water partition coefficient (Wildman–Crippen LogP) is 1.86. The lowest BCUT2D eigenvalue weighted by Gasteiger charge is -2.15. The molecular weight excluding hydrogens is 364 g/mol. The van der Waals surface area contributed by atoms with E-state index in [1.165, 1.54) is 4.90 Å². The second-order valence-corrected chi connectivity index (χ2v) is 5.45. The van der Waals surface area contributed by atoms with Crippen LogP contribution in [-0.2, 0) is 14.3 Å². The number of halogens is 1. The van der Waals surface area contributed by atoms with Crippen LogP contribution in [0.1, 0.15) is 0 Å². The third kappa shape index (κ3) is 5.33. The molecule has 2 rings (SSSR count). The molecule has 0 atom stereocenters. The molecule has 0 spiro atoms. The molecule has 0 aliphatic heterocycles. The molecule has 0 aliphatic carbocycles. The number of para-hydroxylation sites is 1. The molecule has 0 radical (unpaired) electrons. The van der Waals surface area contributed by atoms with Crippen molar-refractivity contribution in [2.75, 3.05) is 30.4 Å². The van der Waals surface area contributed by atoms with Gasteiger partial charge in [0, 0.05) is 23.9 Å². The molecule has 0 fully saturated rings. The smallest absolute Gasteiger partial charge is 0.326 e. The Labute approximate surface area is 141 Å². The Kier molecular flexibility index (Phi) is 6.04. The van der Waals surface area contributed by atoms with Crippen molar-refractivity contribution in [3.63, 3.8) is 0 Å². The van der Waals surface area contributed by atoms with Crippen molar-refractivity contribution < 1.29 is 14.3 Å². The number of benzene rings is 1. The van der Waals surface area contributed by atoms with E-state index in [9.17, 15) is 9.59 Å². The average Bonchev–Trinajstić information content (AvgIpc) is 2.56. The second kappa shape index (κ2) is 8.23. The van der Waals surface area contributed by atoms with Crippen molar-refractivity contribution in [2.45, 2.75) is 0 Å². The molecule has 120 valence electrons. The Balaban J connectivity index is 1.78. The van der Waals surface area contributed by atoms with Crippen LogP contribution in [-0.4, -0.2) is 42.0 Å². The minimum atomic E-state index is -0.540. The SMILES string of the molecule is CN(CC(=O)OCC(=O)Nc1ccccc1Br)c1ncccn1. The van der Waals surface area contributed by atoms with Gasteiger partial charge in [0.05, 0.1) is 5.69 Å². The number of esters is 1. The van der Waals surface area contributed by atoms with Crippen molar-refractivity contribution in [2.24, 2.45) is 0 Å². The molecule has 0 aliphatic rings. The van der Waals surface area contributed by atoms with Gasteiger partial charge in [-0.1, -0.05) is 12.1 Å². The van der Waals surface area contributed by atoms with Gasteiger partial charge in [0.15, 0.2) is 6.61 Å². The fraction of sp³-hybridized carbons (Fsp3) is 0.200. The largest absolute Gasteiger partial charge is 0.454 e. The Hall–Kier alpha value is -2.48. The molecule has 1 aromatic heterocycles. The highest BCUT2D eigenvalue weighted by atomic mass is 79.9. The first kappa shape index (κ1) is 16.9. The summed E-state index contributed by atoms with van der Waals surface area (Å²) in [6.45, 7) is -0.407. The van der Waals surface area contributed by atoms with E-state index in [1.54, 1.807) is 43.7 Å². The first-order valence-corrected chi connectivity index (χ1v) is 7.53. The average molecular weight is 379 g/mol. The van der Waals surface area contributed by atoms with Crippen LogP contribution in [0.4, 0.5) is 11.6 Å². The highest BCUT2D eigenvalue weighted by Gasteiger charge is 2.13. The van der Waals surface area contributed by atoms with Gasteiger partial charge in [-0.15, -0.1) is 0 Å². The number of aromatic nitrogens is 2. The molecule has 1 N–H and O–H groups in total. The van der Waals surface area contributed by atoms with Gasteiger partial charge in [-0.2, -0.15) is 0 Å². The van der Waals surface area contributed by atoms with Crippen LogP contribution < -0.4 is 10.2 Å². The summed E-state index contributed by atoms with van der Waals surface area (Å²) in [5, 5.41) is 2.65. The summed E-state index contributed by atoms with van der Waals surface area (Å²) < 4.78 is 5.70. The van der Waals surface area contributed by atoms with Crippen molar-refractivity contribution in [3.05, 3.63) is 47.2 Å². The fourth-order valence-corrected chi connectivity index (χ4v) is 2.08. The summed E-state index contributed by atoms with van der Waals surface area (Å²) >= 11 is 3.32. The number of carbonyl (C=O) groups excluding carboxylic acids is 2. The number of carbonyl (C=O) groups is 2. The fourth-order valence-electron chi connectivity index (χ4n) is 1.69. The van der Waals surface area contributed by atoms with Crippen LogP contribution in [0.5, 0.6) is 0 Å². The van der Waals surface area contributed by atoms with E-state index in [0.29, 0.717) is 11.6 Å². The Morgan fingerprint density at radius 3 is 2.61 bits per heavy atom. The molecule has 0 bridgehead atoms. The number of nitrogens with one attached hydrogen (secondary N) is 1. The maximum Gasteiger partial charge on any atom is 0.326 e. The predicted molar refractivity (Wildman–Crippen MR) is 89.0 cm³/mol. The number of likely N-dealkylation sites (N-methyl/N-ethyl adjacent to an activating group) is 1. The van der Waals surface area contributed by atoms with Crippen LogP contribution in [0.25, 0.3) is 0 Å². The van der Waals surface area contributed by atoms with Gasteiger partial charge in [-0.05, 0) is 34.1 Å². The lowest BCUT2D eigenvalue weighted by molar-refractivity contribution is -0.145. The van der Waals surface area contributed by atoms with E-state index < -0.39 is 11.9 Å². The monoisotopic (exact) mass is 378 g/mol. The normalized spacial score (nSPS) is 10.0. The summed E-state index contributed by atoms with van der Waals surface area (Å²) in [4.78, 5) is 33.1. The molecule has 1 aromatic carbocycles. The minimum Gasteiger partial charge on any atom is -0.454 e. The van der Waals surface area contributed by atoms with Crippen LogP contribution in [0, 0.1) is 0 Å². The molecule has 8 heteroatoms. The van der Waals surface area contributed by atoms with Crippen LogP contribution in [0.2, 0.25) is 0 Å². The number of hydrogen-bond donors (Lipinski definition) is 1. The summed E-state index contributed by atoms with van der Waals surface area (Å²) in [5.74, 6) is -0.548. The summed E-state index contributed by atoms with van der Waals surface area (Å²) in [6.07, 6.45) is 3.16. The van der Waals surface area contributed by atoms with E-state index in [2.05, 4.69) is 31.2 Å². The Bertz CT molecular complexity index is 681. The van der Waals surface area contributed by atoms with Crippen molar-refractivity contribution in [1.82, 2.24) is 9.97 Å². The zero-order valence-electron chi connectivity index (χ0n) is 12.4. The first-order valence-electron chi connectivity index (χ1n) is 6.74. The van der Waals surface area contributed by atoms with E-state index in [1.807, 2.05) is 6.07 Å². The van der Waals surface area contributed by atoms with Gasteiger partial charge in [0.25, 0.3) is 5.91 Å². The van der Waals surface area contributed by atoms with Gasteiger partial charge in [-0.25, -0.2) is 9.97 Å². The molecule has 7 nitrogen and oxygen atoms in total. The van der Waals surface area contributed by atoms with Crippen LogP contribution in [0.15, 0.2) is 47.2 Å².